The zero-order valence-corrected chi connectivity index (χ0v) is 14.6. The van der Waals surface area contributed by atoms with Crippen molar-refractivity contribution in [1.29, 1.82) is 5.26 Å². The number of carbonyl (C=O) groups excluding carboxylic acids is 1. The molecule has 0 spiro atoms. The molecule has 0 saturated heterocycles. The summed E-state index contributed by atoms with van der Waals surface area (Å²) in [6.07, 6.45) is 4.82. The average molecular weight is 337 g/mol. The quantitative estimate of drug-likeness (QED) is 0.803. The van der Waals surface area contributed by atoms with Crippen LogP contribution in [0.1, 0.15) is 37.9 Å². The molecule has 0 radical (unpaired) electrons. The van der Waals surface area contributed by atoms with Gasteiger partial charge in [-0.05, 0) is 19.3 Å². The number of nitriles is 1. The number of carbonyl (C=O) groups is 1. The molecule has 1 aromatic carbocycles. The van der Waals surface area contributed by atoms with Crippen molar-refractivity contribution in [3.8, 4) is 17.3 Å². The summed E-state index contributed by atoms with van der Waals surface area (Å²) in [6.45, 7) is 0.615. The molecule has 2 aromatic rings. The maximum Gasteiger partial charge on any atom is 0.242 e. The van der Waals surface area contributed by atoms with Gasteiger partial charge in [0.1, 0.15) is 16.9 Å². The molecule has 5 heteroatoms. The van der Waals surface area contributed by atoms with E-state index in [1.807, 2.05) is 36.4 Å². The minimum Gasteiger partial charge on any atom is -0.361 e. The zero-order chi connectivity index (χ0) is 17.7. The molecule has 1 fully saturated rings. The Kier molecular flexibility index (Phi) is 5.18. The summed E-state index contributed by atoms with van der Waals surface area (Å²) in [7, 11) is 1.79. The monoisotopic (exact) mass is 337 g/mol. The zero-order valence-electron chi connectivity index (χ0n) is 14.6. The molecular formula is C20H23N3O2. The molecule has 25 heavy (non-hydrogen) atoms. The molecular weight excluding hydrogens is 314 g/mol. The van der Waals surface area contributed by atoms with Gasteiger partial charge in [0.15, 0.2) is 0 Å². The number of hydrogen-bond acceptors (Lipinski definition) is 4. The topological polar surface area (TPSA) is 70.1 Å². The van der Waals surface area contributed by atoms with Gasteiger partial charge in [-0.25, -0.2) is 0 Å². The summed E-state index contributed by atoms with van der Waals surface area (Å²) < 4.78 is 5.40. The van der Waals surface area contributed by atoms with Crippen LogP contribution in [0, 0.1) is 16.7 Å². The standard InChI is InChI=1S/C20H23N3O2/c1-23(19(24)20(15-21)11-5-6-12-20)13-7-10-17-14-18(22-25-17)16-8-3-2-4-9-16/h2-4,8-9,14H,5-7,10-13H2,1H3. The normalized spacial score (nSPS) is 15.7. The van der Waals surface area contributed by atoms with Crippen molar-refractivity contribution >= 4 is 5.91 Å². The van der Waals surface area contributed by atoms with Crippen molar-refractivity contribution in [2.75, 3.05) is 13.6 Å². The van der Waals surface area contributed by atoms with Gasteiger partial charge >= 0.3 is 0 Å². The van der Waals surface area contributed by atoms with Gasteiger partial charge in [0.25, 0.3) is 0 Å². The first-order valence-electron chi connectivity index (χ1n) is 8.82. The molecule has 3 rings (SSSR count). The third-order valence-electron chi connectivity index (χ3n) is 4.97. The van der Waals surface area contributed by atoms with Gasteiger partial charge in [-0.15, -0.1) is 0 Å². The van der Waals surface area contributed by atoms with Gasteiger partial charge in [0.05, 0.1) is 6.07 Å². The lowest BCUT2D eigenvalue weighted by atomic mass is 9.86. The van der Waals surface area contributed by atoms with E-state index in [0.717, 1.165) is 42.7 Å². The van der Waals surface area contributed by atoms with Crippen molar-refractivity contribution in [3.63, 3.8) is 0 Å². The first-order valence-corrected chi connectivity index (χ1v) is 8.82. The molecule has 1 heterocycles. The Hall–Kier alpha value is -2.61. The predicted molar refractivity (Wildman–Crippen MR) is 94.4 cm³/mol. The largest absolute Gasteiger partial charge is 0.361 e. The second kappa shape index (κ2) is 7.52. The maximum absolute atomic E-state index is 12.6. The van der Waals surface area contributed by atoms with Gasteiger partial charge in [-0.3, -0.25) is 4.79 Å². The van der Waals surface area contributed by atoms with E-state index >= 15 is 0 Å². The van der Waals surface area contributed by atoms with Gasteiger partial charge in [0.2, 0.25) is 5.91 Å². The highest BCUT2D eigenvalue weighted by atomic mass is 16.5. The minimum absolute atomic E-state index is 0.0324. The van der Waals surface area contributed by atoms with Crippen LogP contribution in [0.4, 0.5) is 0 Å². The first-order chi connectivity index (χ1) is 12.1. The molecule has 0 N–H and O–H groups in total. The molecule has 1 aliphatic carbocycles. The van der Waals surface area contributed by atoms with Crippen LogP contribution in [0.3, 0.4) is 0 Å². The Labute approximate surface area is 148 Å². The van der Waals surface area contributed by atoms with Crippen LogP contribution < -0.4 is 0 Å². The van der Waals surface area contributed by atoms with Gasteiger partial charge in [-0.2, -0.15) is 5.26 Å². The lowest BCUT2D eigenvalue weighted by Gasteiger charge is -2.26. The number of nitrogens with zero attached hydrogens (tertiary/aromatic N) is 3. The van der Waals surface area contributed by atoms with Crippen molar-refractivity contribution in [2.24, 2.45) is 5.41 Å². The first kappa shape index (κ1) is 17.2. The number of amides is 1. The van der Waals surface area contributed by atoms with Gasteiger partial charge in [-0.1, -0.05) is 48.3 Å². The second-order valence-electron chi connectivity index (χ2n) is 6.78. The summed E-state index contributed by atoms with van der Waals surface area (Å²) in [5.74, 6) is 0.783. The lowest BCUT2D eigenvalue weighted by Crippen LogP contribution is -2.40. The molecule has 1 amide bonds. The fourth-order valence-electron chi connectivity index (χ4n) is 3.49. The van der Waals surface area contributed by atoms with Gasteiger partial charge < -0.3 is 9.42 Å². The summed E-state index contributed by atoms with van der Waals surface area (Å²) in [5, 5.41) is 13.5. The second-order valence-corrected chi connectivity index (χ2v) is 6.78. The van der Waals surface area contributed by atoms with Crippen LogP contribution in [-0.2, 0) is 11.2 Å². The number of hydrogen-bond donors (Lipinski definition) is 0. The van der Waals surface area contributed by atoms with E-state index in [4.69, 9.17) is 4.52 Å². The van der Waals surface area contributed by atoms with Crippen LogP contribution in [0.25, 0.3) is 11.3 Å². The minimum atomic E-state index is -0.790. The van der Waals surface area contributed by atoms with Crippen LogP contribution in [0.15, 0.2) is 40.9 Å². The highest BCUT2D eigenvalue weighted by molar-refractivity contribution is 5.85. The van der Waals surface area contributed by atoms with E-state index in [1.165, 1.54) is 0 Å². The molecule has 0 aliphatic heterocycles. The molecule has 5 nitrogen and oxygen atoms in total. The average Bonchev–Trinajstić information content (AvgIpc) is 3.32. The number of benzene rings is 1. The van der Waals surface area contributed by atoms with Crippen molar-refractivity contribution < 1.29 is 9.32 Å². The summed E-state index contributed by atoms with van der Waals surface area (Å²) in [4.78, 5) is 14.3. The Morgan fingerprint density at radius 1 is 1.32 bits per heavy atom. The highest BCUT2D eigenvalue weighted by Gasteiger charge is 2.42. The smallest absolute Gasteiger partial charge is 0.242 e. The van der Waals surface area contributed by atoms with Crippen LogP contribution in [-0.4, -0.2) is 29.6 Å². The van der Waals surface area contributed by atoms with E-state index in [-0.39, 0.29) is 5.91 Å². The molecule has 1 aliphatic rings. The Morgan fingerprint density at radius 2 is 2.04 bits per heavy atom. The third kappa shape index (κ3) is 3.74. The van der Waals surface area contributed by atoms with E-state index in [9.17, 15) is 10.1 Å². The van der Waals surface area contributed by atoms with Gasteiger partial charge in [0, 0.05) is 31.6 Å². The predicted octanol–water partition coefficient (Wildman–Crippen LogP) is 3.82. The molecule has 1 saturated carbocycles. The van der Waals surface area contributed by atoms with E-state index in [2.05, 4.69) is 11.2 Å². The van der Waals surface area contributed by atoms with E-state index in [1.54, 1.807) is 11.9 Å². The van der Waals surface area contributed by atoms with Crippen LogP contribution in [0.5, 0.6) is 0 Å². The molecule has 1 aromatic heterocycles. The molecule has 0 unspecified atom stereocenters. The lowest BCUT2D eigenvalue weighted by molar-refractivity contribution is -0.137. The molecule has 130 valence electrons. The number of aryl methyl sites for hydroxylation is 1. The third-order valence-corrected chi connectivity index (χ3v) is 4.97. The molecule has 0 bridgehead atoms. The Morgan fingerprint density at radius 3 is 2.72 bits per heavy atom. The molecule has 0 atom stereocenters. The summed E-state index contributed by atoms with van der Waals surface area (Å²) in [6, 6.07) is 14.1. The van der Waals surface area contributed by atoms with Crippen LogP contribution >= 0.6 is 0 Å². The fourth-order valence-corrected chi connectivity index (χ4v) is 3.49. The SMILES string of the molecule is CN(CCCc1cc(-c2ccccc2)no1)C(=O)C1(C#N)CCCC1. The fraction of sp³-hybridized carbons (Fsp3) is 0.450. The maximum atomic E-state index is 12.6. The Balaban J connectivity index is 1.52. The summed E-state index contributed by atoms with van der Waals surface area (Å²) in [5.41, 5.74) is 1.07. The van der Waals surface area contributed by atoms with Crippen molar-refractivity contribution in [3.05, 3.63) is 42.2 Å². The number of aromatic nitrogens is 1. The van der Waals surface area contributed by atoms with E-state index < -0.39 is 5.41 Å². The van der Waals surface area contributed by atoms with Crippen molar-refractivity contribution in [2.45, 2.75) is 38.5 Å². The number of rotatable bonds is 6. The summed E-state index contributed by atoms with van der Waals surface area (Å²) >= 11 is 0. The van der Waals surface area contributed by atoms with Crippen LogP contribution in [0.2, 0.25) is 0 Å². The highest BCUT2D eigenvalue weighted by Crippen LogP contribution is 2.38. The van der Waals surface area contributed by atoms with E-state index in [0.29, 0.717) is 19.4 Å². The van der Waals surface area contributed by atoms with Crippen molar-refractivity contribution in [1.82, 2.24) is 10.1 Å². The Bertz CT molecular complexity index is 755.